The van der Waals surface area contributed by atoms with Crippen molar-refractivity contribution in [2.24, 2.45) is 0 Å². The van der Waals surface area contributed by atoms with Crippen molar-refractivity contribution in [1.82, 2.24) is 9.88 Å². The first-order valence-electron chi connectivity index (χ1n) is 7.16. The standard InChI is InChI=1S/C17H18N2O2/c1-11(2)10-18-16(20)14-9-13-6-3-5-12-7-4-8-19(15(12)13)17(14)21/h3,5-6,9H,1,4,7-8,10H2,2H3,(H,18,20). The molecule has 0 saturated heterocycles. The van der Waals surface area contributed by atoms with E-state index < -0.39 is 0 Å². The van der Waals surface area contributed by atoms with E-state index in [1.165, 1.54) is 5.56 Å². The predicted octanol–water partition coefficient (Wildman–Crippen LogP) is 2.25. The Morgan fingerprint density at radius 3 is 3.00 bits per heavy atom. The second-order valence-electron chi connectivity index (χ2n) is 5.61. The second kappa shape index (κ2) is 5.20. The van der Waals surface area contributed by atoms with Crippen LogP contribution in [0.4, 0.5) is 0 Å². The zero-order valence-corrected chi connectivity index (χ0v) is 12.1. The third kappa shape index (κ3) is 2.37. The molecule has 4 nitrogen and oxygen atoms in total. The first-order chi connectivity index (χ1) is 10.1. The van der Waals surface area contributed by atoms with Gasteiger partial charge in [-0.05, 0) is 36.8 Å². The summed E-state index contributed by atoms with van der Waals surface area (Å²) in [7, 11) is 0. The summed E-state index contributed by atoms with van der Waals surface area (Å²) in [5, 5.41) is 3.69. The number of aromatic nitrogens is 1. The Labute approximate surface area is 123 Å². The molecule has 4 heteroatoms. The highest BCUT2D eigenvalue weighted by atomic mass is 16.2. The zero-order valence-electron chi connectivity index (χ0n) is 12.1. The number of aryl methyl sites for hydroxylation is 2. The van der Waals surface area contributed by atoms with Crippen molar-refractivity contribution >= 4 is 16.8 Å². The van der Waals surface area contributed by atoms with Crippen LogP contribution in [0.1, 0.15) is 29.3 Å². The van der Waals surface area contributed by atoms with Crippen LogP contribution in [-0.2, 0) is 13.0 Å². The molecule has 0 bridgehead atoms. The number of pyridine rings is 1. The number of hydrogen-bond acceptors (Lipinski definition) is 2. The lowest BCUT2D eigenvalue weighted by Gasteiger charge is -2.20. The van der Waals surface area contributed by atoms with Gasteiger partial charge in [0.2, 0.25) is 0 Å². The van der Waals surface area contributed by atoms with E-state index in [-0.39, 0.29) is 17.0 Å². The Kier molecular flexibility index (Phi) is 3.37. The van der Waals surface area contributed by atoms with E-state index in [2.05, 4.69) is 18.0 Å². The van der Waals surface area contributed by atoms with E-state index in [1.807, 2.05) is 19.1 Å². The molecule has 1 amide bonds. The highest BCUT2D eigenvalue weighted by molar-refractivity contribution is 5.98. The monoisotopic (exact) mass is 282 g/mol. The van der Waals surface area contributed by atoms with Crippen LogP contribution in [0.15, 0.2) is 41.2 Å². The molecular formula is C17H18N2O2. The normalized spacial score (nSPS) is 13.2. The van der Waals surface area contributed by atoms with Gasteiger partial charge >= 0.3 is 0 Å². The van der Waals surface area contributed by atoms with Gasteiger partial charge in [-0.15, -0.1) is 0 Å². The summed E-state index contributed by atoms with van der Waals surface area (Å²) in [5.41, 5.74) is 3.03. The second-order valence-corrected chi connectivity index (χ2v) is 5.61. The van der Waals surface area contributed by atoms with E-state index in [1.54, 1.807) is 10.6 Å². The van der Waals surface area contributed by atoms with Crippen molar-refractivity contribution in [2.45, 2.75) is 26.3 Å². The average molecular weight is 282 g/mol. The summed E-state index contributed by atoms with van der Waals surface area (Å²) >= 11 is 0. The number of carbonyl (C=O) groups excluding carboxylic acids is 1. The summed E-state index contributed by atoms with van der Waals surface area (Å²) in [6.45, 7) is 6.65. The first kappa shape index (κ1) is 13.6. The minimum Gasteiger partial charge on any atom is -0.348 e. The molecule has 108 valence electrons. The molecule has 1 aromatic carbocycles. The quantitative estimate of drug-likeness (QED) is 0.878. The van der Waals surface area contributed by atoms with Crippen molar-refractivity contribution < 1.29 is 4.79 Å². The maximum atomic E-state index is 12.6. The Bertz CT molecular complexity index is 802. The van der Waals surface area contributed by atoms with E-state index >= 15 is 0 Å². The van der Waals surface area contributed by atoms with Gasteiger partial charge in [0, 0.05) is 13.1 Å². The average Bonchev–Trinajstić information content (AvgIpc) is 2.48. The lowest BCUT2D eigenvalue weighted by atomic mass is 10.00. The molecule has 0 saturated carbocycles. The van der Waals surface area contributed by atoms with Gasteiger partial charge in [-0.1, -0.05) is 30.4 Å². The van der Waals surface area contributed by atoms with E-state index in [0.29, 0.717) is 13.1 Å². The highest BCUT2D eigenvalue weighted by Crippen LogP contribution is 2.23. The molecule has 1 aliphatic rings. The predicted molar refractivity (Wildman–Crippen MR) is 83.7 cm³/mol. The van der Waals surface area contributed by atoms with Crippen molar-refractivity contribution in [2.75, 3.05) is 6.54 Å². The lowest BCUT2D eigenvalue weighted by Crippen LogP contribution is -2.35. The Morgan fingerprint density at radius 1 is 1.43 bits per heavy atom. The Morgan fingerprint density at radius 2 is 2.24 bits per heavy atom. The van der Waals surface area contributed by atoms with E-state index in [9.17, 15) is 9.59 Å². The fourth-order valence-electron chi connectivity index (χ4n) is 2.85. The third-order valence-corrected chi connectivity index (χ3v) is 3.82. The molecule has 2 aromatic rings. The number of para-hydroxylation sites is 1. The number of carbonyl (C=O) groups is 1. The maximum absolute atomic E-state index is 12.6. The van der Waals surface area contributed by atoms with Crippen molar-refractivity contribution in [1.29, 1.82) is 0 Å². The minimum absolute atomic E-state index is 0.200. The van der Waals surface area contributed by atoms with Crippen LogP contribution in [0.2, 0.25) is 0 Å². The van der Waals surface area contributed by atoms with Gasteiger partial charge < -0.3 is 9.88 Å². The molecule has 1 aliphatic heterocycles. The maximum Gasteiger partial charge on any atom is 0.263 e. The van der Waals surface area contributed by atoms with Gasteiger partial charge in [-0.3, -0.25) is 9.59 Å². The van der Waals surface area contributed by atoms with Crippen LogP contribution in [0, 0.1) is 0 Å². The van der Waals surface area contributed by atoms with Crippen LogP contribution in [0.25, 0.3) is 10.9 Å². The molecule has 3 rings (SSSR count). The lowest BCUT2D eigenvalue weighted by molar-refractivity contribution is 0.0955. The largest absolute Gasteiger partial charge is 0.348 e. The van der Waals surface area contributed by atoms with Gasteiger partial charge in [0.25, 0.3) is 11.5 Å². The summed E-state index contributed by atoms with van der Waals surface area (Å²) in [6, 6.07) is 7.69. The van der Waals surface area contributed by atoms with Crippen LogP contribution < -0.4 is 10.9 Å². The third-order valence-electron chi connectivity index (χ3n) is 3.82. The molecule has 0 unspecified atom stereocenters. The van der Waals surface area contributed by atoms with Gasteiger partial charge in [0.15, 0.2) is 0 Å². The minimum atomic E-state index is -0.329. The fourth-order valence-corrected chi connectivity index (χ4v) is 2.85. The molecule has 21 heavy (non-hydrogen) atoms. The number of nitrogens with zero attached hydrogens (tertiary/aromatic N) is 1. The van der Waals surface area contributed by atoms with Crippen LogP contribution in [-0.4, -0.2) is 17.0 Å². The molecule has 0 atom stereocenters. The SMILES string of the molecule is C=C(C)CNC(=O)c1cc2cccc3c2n(c1=O)CCC3. The first-order valence-corrected chi connectivity index (χ1v) is 7.16. The molecule has 0 fully saturated rings. The number of rotatable bonds is 3. The van der Waals surface area contributed by atoms with E-state index in [0.717, 1.165) is 29.3 Å². The van der Waals surface area contributed by atoms with Crippen LogP contribution in [0.5, 0.6) is 0 Å². The number of nitrogens with one attached hydrogen (secondary N) is 1. The van der Waals surface area contributed by atoms with E-state index in [4.69, 9.17) is 0 Å². The fraction of sp³-hybridized carbons (Fsp3) is 0.294. The molecular weight excluding hydrogens is 264 g/mol. The van der Waals surface area contributed by atoms with Gasteiger partial charge in [-0.2, -0.15) is 0 Å². The van der Waals surface area contributed by atoms with Crippen LogP contribution in [0.3, 0.4) is 0 Å². The highest BCUT2D eigenvalue weighted by Gasteiger charge is 2.19. The van der Waals surface area contributed by atoms with Crippen molar-refractivity contribution in [3.63, 3.8) is 0 Å². The molecule has 0 aliphatic carbocycles. The zero-order chi connectivity index (χ0) is 15.0. The number of hydrogen-bond donors (Lipinski definition) is 1. The molecule has 1 N–H and O–H groups in total. The molecule has 0 spiro atoms. The van der Waals surface area contributed by atoms with Gasteiger partial charge in [-0.25, -0.2) is 0 Å². The van der Waals surface area contributed by atoms with Crippen molar-refractivity contribution in [3.05, 3.63) is 57.9 Å². The van der Waals surface area contributed by atoms with Gasteiger partial charge in [0.1, 0.15) is 5.56 Å². The van der Waals surface area contributed by atoms with Crippen molar-refractivity contribution in [3.8, 4) is 0 Å². The summed E-state index contributed by atoms with van der Waals surface area (Å²) in [5.74, 6) is -0.329. The Hall–Kier alpha value is -2.36. The molecule has 2 heterocycles. The van der Waals surface area contributed by atoms with Gasteiger partial charge in [0.05, 0.1) is 5.52 Å². The topological polar surface area (TPSA) is 51.1 Å². The molecule has 1 aromatic heterocycles. The summed E-state index contributed by atoms with van der Waals surface area (Å²) in [4.78, 5) is 24.8. The molecule has 0 radical (unpaired) electrons. The smallest absolute Gasteiger partial charge is 0.263 e. The summed E-state index contributed by atoms with van der Waals surface area (Å²) in [6.07, 6.45) is 1.92. The number of benzene rings is 1. The summed E-state index contributed by atoms with van der Waals surface area (Å²) < 4.78 is 1.74. The Balaban J connectivity index is 2.13. The number of amides is 1. The van der Waals surface area contributed by atoms with Crippen LogP contribution >= 0.6 is 0 Å².